The summed E-state index contributed by atoms with van der Waals surface area (Å²) in [5.41, 5.74) is 0.657. The summed E-state index contributed by atoms with van der Waals surface area (Å²) in [5.74, 6) is 0.710. The molecule has 0 aliphatic carbocycles. The Balaban J connectivity index is 1.90. The van der Waals surface area contributed by atoms with Crippen molar-refractivity contribution in [1.82, 2.24) is 20.1 Å². The molecule has 0 bridgehead atoms. The van der Waals surface area contributed by atoms with Crippen LogP contribution in [0.25, 0.3) is 5.82 Å². The van der Waals surface area contributed by atoms with Gasteiger partial charge in [-0.05, 0) is 24.6 Å². The highest BCUT2D eigenvalue weighted by Gasteiger charge is 2.02. The van der Waals surface area contributed by atoms with Crippen LogP contribution in [0, 0.1) is 0 Å². The summed E-state index contributed by atoms with van der Waals surface area (Å²) in [6.07, 6.45) is 7.14. The van der Waals surface area contributed by atoms with Gasteiger partial charge < -0.3 is 10.6 Å². The van der Waals surface area contributed by atoms with Gasteiger partial charge in [0, 0.05) is 18.9 Å². The molecule has 0 saturated heterocycles. The maximum absolute atomic E-state index is 11.5. The molecule has 0 atom stereocenters. The molecule has 2 aromatic heterocycles. The summed E-state index contributed by atoms with van der Waals surface area (Å²) in [6, 6.07) is 5.22. The topological polar surface area (TPSA) is 71.8 Å². The minimum absolute atomic E-state index is 0.206. The Morgan fingerprint density at radius 1 is 1.42 bits per heavy atom. The third-order valence-electron chi connectivity index (χ3n) is 2.56. The minimum atomic E-state index is -0.206. The van der Waals surface area contributed by atoms with Crippen LogP contribution in [-0.4, -0.2) is 27.3 Å². The molecular weight excluding hydrogens is 242 g/mol. The molecule has 100 valence electrons. The highest BCUT2D eigenvalue weighted by Crippen LogP contribution is 2.08. The molecule has 2 aromatic rings. The van der Waals surface area contributed by atoms with Gasteiger partial charge in [-0.2, -0.15) is 5.10 Å². The van der Waals surface area contributed by atoms with Gasteiger partial charge in [-0.25, -0.2) is 14.5 Å². The van der Waals surface area contributed by atoms with Crippen molar-refractivity contribution in [1.29, 1.82) is 0 Å². The van der Waals surface area contributed by atoms with Crippen molar-refractivity contribution in [3.63, 3.8) is 0 Å². The van der Waals surface area contributed by atoms with Gasteiger partial charge in [0.05, 0.1) is 11.9 Å². The summed E-state index contributed by atoms with van der Waals surface area (Å²) in [6.45, 7) is 2.76. The highest BCUT2D eigenvalue weighted by molar-refractivity contribution is 5.88. The number of carbonyl (C=O) groups excluding carboxylic acids is 1. The van der Waals surface area contributed by atoms with Gasteiger partial charge >= 0.3 is 6.03 Å². The summed E-state index contributed by atoms with van der Waals surface area (Å²) < 4.78 is 1.66. The Bertz CT molecular complexity index is 506. The van der Waals surface area contributed by atoms with Crippen LogP contribution in [0.5, 0.6) is 0 Å². The van der Waals surface area contributed by atoms with E-state index in [0.29, 0.717) is 18.1 Å². The predicted molar refractivity (Wildman–Crippen MR) is 73.3 cm³/mol. The van der Waals surface area contributed by atoms with Gasteiger partial charge in [0.15, 0.2) is 5.82 Å². The maximum Gasteiger partial charge on any atom is 0.319 e. The van der Waals surface area contributed by atoms with Crippen LogP contribution in [0.2, 0.25) is 0 Å². The van der Waals surface area contributed by atoms with Crippen LogP contribution in [0.1, 0.15) is 19.8 Å². The molecule has 0 unspecified atom stereocenters. The first-order chi connectivity index (χ1) is 9.29. The first-order valence-electron chi connectivity index (χ1n) is 6.30. The number of hydrogen-bond donors (Lipinski definition) is 2. The molecule has 19 heavy (non-hydrogen) atoms. The molecule has 0 aliphatic heterocycles. The van der Waals surface area contributed by atoms with Crippen molar-refractivity contribution in [2.75, 3.05) is 11.9 Å². The minimum Gasteiger partial charge on any atom is -0.338 e. The zero-order valence-electron chi connectivity index (χ0n) is 10.8. The van der Waals surface area contributed by atoms with Crippen molar-refractivity contribution in [3.05, 3.63) is 36.8 Å². The number of urea groups is 1. The molecular formula is C13H17N5O. The summed E-state index contributed by atoms with van der Waals surface area (Å²) >= 11 is 0. The molecule has 0 aliphatic rings. The second-order valence-electron chi connectivity index (χ2n) is 4.09. The number of pyridine rings is 1. The van der Waals surface area contributed by atoms with Crippen LogP contribution in [0.3, 0.4) is 0 Å². The lowest BCUT2D eigenvalue weighted by molar-refractivity contribution is 0.252. The molecule has 6 nitrogen and oxygen atoms in total. The van der Waals surface area contributed by atoms with Gasteiger partial charge in [-0.3, -0.25) is 0 Å². The van der Waals surface area contributed by atoms with Gasteiger partial charge in [0.2, 0.25) is 0 Å². The van der Waals surface area contributed by atoms with E-state index in [1.165, 1.54) is 0 Å². The standard InChI is InChI=1S/C13H17N5O/c1-2-3-7-14-13(19)17-11-5-6-12(15-10-11)18-9-4-8-16-18/h4-6,8-10H,2-3,7H2,1H3,(H2,14,17,19). The predicted octanol–water partition coefficient (Wildman–Crippen LogP) is 2.19. The van der Waals surface area contributed by atoms with Crippen molar-refractivity contribution in [3.8, 4) is 5.82 Å². The third kappa shape index (κ3) is 3.80. The Morgan fingerprint density at radius 2 is 2.32 bits per heavy atom. The first kappa shape index (κ1) is 13.1. The quantitative estimate of drug-likeness (QED) is 0.808. The lowest BCUT2D eigenvalue weighted by Crippen LogP contribution is -2.29. The zero-order chi connectivity index (χ0) is 13.5. The summed E-state index contributed by atoms with van der Waals surface area (Å²) in [7, 11) is 0. The third-order valence-corrected chi connectivity index (χ3v) is 2.56. The number of aromatic nitrogens is 3. The normalized spacial score (nSPS) is 10.2. The molecule has 2 rings (SSSR count). The van der Waals surface area contributed by atoms with Crippen LogP contribution in [0.15, 0.2) is 36.8 Å². The number of nitrogens with one attached hydrogen (secondary N) is 2. The Kier molecular flexibility index (Phi) is 4.49. The molecule has 2 amide bonds. The molecule has 0 radical (unpaired) electrons. The second-order valence-corrected chi connectivity index (χ2v) is 4.09. The number of carbonyl (C=O) groups is 1. The van der Waals surface area contributed by atoms with E-state index in [9.17, 15) is 4.79 Å². The van der Waals surface area contributed by atoms with E-state index in [0.717, 1.165) is 12.8 Å². The van der Waals surface area contributed by atoms with E-state index in [2.05, 4.69) is 27.6 Å². The monoisotopic (exact) mass is 259 g/mol. The first-order valence-corrected chi connectivity index (χ1v) is 6.30. The van der Waals surface area contributed by atoms with Crippen molar-refractivity contribution >= 4 is 11.7 Å². The van der Waals surface area contributed by atoms with E-state index in [1.807, 2.05) is 12.3 Å². The number of rotatable bonds is 5. The average Bonchev–Trinajstić information content (AvgIpc) is 2.94. The van der Waals surface area contributed by atoms with E-state index in [1.54, 1.807) is 29.2 Å². The van der Waals surface area contributed by atoms with Crippen LogP contribution in [-0.2, 0) is 0 Å². The van der Waals surface area contributed by atoms with Crippen LogP contribution < -0.4 is 10.6 Å². The van der Waals surface area contributed by atoms with E-state index < -0.39 is 0 Å². The van der Waals surface area contributed by atoms with E-state index in [4.69, 9.17) is 0 Å². The Morgan fingerprint density at radius 3 is 2.95 bits per heavy atom. The second kappa shape index (κ2) is 6.53. The van der Waals surface area contributed by atoms with Gasteiger partial charge in [0.1, 0.15) is 0 Å². The van der Waals surface area contributed by atoms with Crippen molar-refractivity contribution < 1.29 is 4.79 Å². The lowest BCUT2D eigenvalue weighted by Gasteiger charge is -2.07. The fourth-order valence-electron chi connectivity index (χ4n) is 1.55. The smallest absolute Gasteiger partial charge is 0.319 e. The van der Waals surface area contributed by atoms with E-state index >= 15 is 0 Å². The number of anilines is 1. The van der Waals surface area contributed by atoms with Gasteiger partial charge in [-0.1, -0.05) is 13.3 Å². The van der Waals surface area contributed by atoms with Crippen molar-refractivity contribution in [2.24, 2.45) is 0 Å². The summed E-state index contributed by atoms with van der Waals surface area (Å²) in [4.78, 5) is 15.8. The Hall–Kier alpha value is -2.37. The molecule has 0 aromatic carbocycles. The van der Waals surface area contributed by atoms with Gasteiger partial charge in [0.25, 0.3) is 0 Å². The number of unbranched alkanes of at least 4 members (excludes halogenated alkanes) is 1. The molecule has 0 fully saturated rings. The van der Waals surface area contributed by atoms with Crippen molar-refractivity contribution in [2.45, 2.75) is 19.8 Å². The number of nitrogens with zero attached hydrogens (tertiary/aromatic N) is 3. The largest absolute Gasteiger partial charge is 0.338 e. The number of amides is 2. The molecule has 2 heterocycles. The molecule has 0 saturated carbocycles. The molecule has 2 N–H and O–H groups in total. The van der Waals surface area contributed by atoms with Crippen LogP contribution in [0.4, 0.5) is 10.5 Å². The highest BCUT2D eigenvalue weighted by atomic mass is 16.2. The van der Waals surface area contributed by atoms with Gasteiger partial charge in [-0.15, -0.1) is 0 Å². The van der Waals surface area contributed by atoms with E-state index in [-0.39, 0.29) is 6.03 Å². The SMILES string of the molecule is CCCCNC(=O)Nc1ccc(-n2cccn2)nc1. The Labute approximate surface area is 111 Å². The summed E-state index contributed by atoms with van der Waals surface area (Å²) in [5, 5.41) is 9.59. The molecule has 6 heteroatoms. The van der Waals surface area contributed by atoms with Crippen LogP contribution >= 0.6 is 0 Å². The fraction of sp³-hybridized carbons (Fsp3) is 0.308. The lowest BCUT2D eigenvalue weighted by atomic mass is 10.3. The average molecular weight is 259 g/mol. The zero-order valence-corrected chi connectivity index (χ0v) is 10.8. The fourth-order valence-corrected chi connectivity index (χ4v) is 1.55. The molecule has 0 spiro atoms. The maximum atomic E-state index is 11.5. The number of hydrogen-bond acceptors (Lipinski definition) is 3.